The molecule has 3 atom stereocenters. The minimum absolute atomic E-state index is 0.0927. The minimum Gasteiger partial charge on any atom is -0.463 e. The molecule has 2 aliphatic rings. The van der Waals surface area contributed by atoms with Gasteiger partial charge in [0.2, 0.25) is 0 Å². The van der Waals surface area contributed by atoms with Gasteiger partial charge in [-0.1, -0.05) is 0 Å². The van der Waals surface area contributed by atoms with Crippen LogP contribution in [0.5, 0.6) is 0 Å². The fraction of sp³-hybridized carbons (Fsp3) is 0.955. The van der Waals surface area contributed by atoms with Crippen LogP contribution in [-0.4, -0.2) is 67.4 Å². The molecule has 2 fully saturated rings. The molecule has 0 spiro atoms. The van der Waals surface area contributed by atoms with Gasteiger partial charge in [0.05, 0.1) is 11.6 Å². The Morgan fingerprint density at radius 2 is 1.55 bits per heavy atom. The number of aliphatic hydroxyl groups excluding tert-OH is 1. The van der Waals surface area contributed by atoms with Crippen molar-refractivity contribution in [3.05, 3.63) is 0 Å². The molecular weight excluding hydrogens is 372 g/mol. The Hall–Kier alpha value is -0.730. The van der Waals surface area contributed by atoms with Crippen LogP contribution < -0.4 is 0 Å². The average molecular weight is 415 g/mol. The van der Waals surface area contributed by atoms with Crippen LogP contribution in [0.4, 0.5) is 0 Å². The second-order valence-electron chi connectivity index (χ2n) is 11.3. The Bertz CT molecular complexity index is 586. The molecule has 0 bridgehead atoms. The molecule has 0 amide bonds. The molecule has 0 saturated carbocycles. The lowest BCUT2D eigenvalue weighted by Gasteiger charge is -2.53. The topological polar surface area (TPSA) is 82.5 Å². The van der Waals surface area contributed by atoms with E-state index in [9.17, 15) is 15.1 Å². The van der Waals surface area contributed by atoms with Crippen LogP contribution >= 0.6 is 0 Å². The maximum Gasteiger partial charge on any atom is 0.313 e. The zero-order chi connectivity index (χ0) is 22.4. The van der Waals surface area contributed by atoms with Gasteiger partial charge in [-0.2, -0.15) is 10.1 Å². The normalized spacial score (nSPS) is 32.5. The Balaban J connectivity index is 2.01. The molecule has 0 radical (unpaired) electrons. The first-order valence-corrected chi connectivity index (χ1v) is 10.8. The zero-order valence-corrected chi connectivity index (χ0v) is 19.8. The third-order valence-corrected chi connectivity index (χ3v) is 6.65. The average Bonchev–Trinajstić information content (AvgIpc) is 2.53. The predicted molar refractivity (Wildman–Crippen MR) is 111 cm³/mol. The van der Waals surface area contributed by atoms with Crippen molar-refractivity contribution in [2.45, 2.75) is 122 Å². The molecule has 29 heavy (non-hydrogen) atoms. The van der Waals surface area contributed by atoms with Gasteiger partial charge in [0.1, 0.15) is 18.6 Å². The van der Waals surface area contributed by atoms with Crippen molar-refractivity contribution in [1.82, 2.24) is 10.1 Å². The third-order valence-electron chi connectivity index (χ3n) is 6.65. The molecule has 2 saturated heterocycles. The molecule has 2 rings (SSSR count). The van der Waals surface area contributed by atoms with Gasteiger partial charge in [0.25, 0.3) is 0 Å². The van der Waals surface area contributed by atoms with Crippen LogP contribution in [-0.2, 0) is 14.4 Å². The van der Waals surface area contributed by atoms with Gasteiger partial charge >= 0.3 is 5.97 Å². The highest BCUT2D eigenvalue weighted by molar-refractivity contribution is 5.75. The molecule has 170 valence electrons. The number of carbonyl (C=O) groups is 1. The van der Waals surface area contributed by atoms with Gasteiger partial charge in [0, 0.05) is 16.6 Å². The van der Waals surface area contributed by atoms with E-state index in [1.54, 1.807) is 13.8 Å². The van der Waals surface area contributed by atoms with E-state index in [1.807, 2.05) is 20.8 Å². The number of hydroxylamine groups is 4. The number of hydrogen-bond donors (Lipinski definition) is 2. The van der Waals surface area contributed by atoms with Gasteiger partial charge in [-0.25, -0.2) is 0 Å². The van der Waals surface area contributed by atoms with Crippen molar-refractivity contribution in [3.8, 4) is 0 Å². The smallest absolute Gasteiger partial charge is 0.313 e. The minimum atomic E-state index is -0.945. The van der Waals surface area contributed by atoms with Gasteiger partial charge in [0.15, 0.2) is 0 Å². The number of piperidine rings is 2. The van der Waals surface area contributed by atoms with E-state index >= 15 is 0 Å². The lowest BCUT2D eigenvalue weighted by Crippen LogP contribution is -2.67. The number of carbonyl (C=O) groups excluding carboxylic acids is 1. The maximum absolute atomic E-state index is 12.8. The number of ether oxygens (including phenoxy) is 1. The van der Waals surface area contributed by atoms with Crippen molar-refractivity contribution in [1.29, 1.82) is 0 Å². The lowest BCUT2D eigenvalue weighted by molar-refractivity contribution is -0.307. The summed E-state index contributed by atoms with van der Waals surface area (Å²) < 4.78 is 5.56. The van der Waals surface area contributed by atoms with Gasteiger partial charge < -0.3 is 15.1 Å². The molecular formula is C22H42N2O5. The van der Waals surface area contributed by atoms with E-state index in [1.165, 1.54) is 5.06 Å². The van der Waals surface area contributed by atoms with E-state index in [0.29, 0.717) is 0 Å². The highest BCUT2D eigenvalue weighted by atomic mass is 16.7. The lowest BCUT2D eigenvalue weighted by atomic mass is 9.72. The predicted octanol–water partition coefficient (Wildman–Crippen LogP) is 3.52. The first kappa shape index (κ1) is 24.5. The summed E-state index contributed by atoms with van der Waals surface area (Å²) in [6.07, 6.45) is 2.34. The summed E-state index contributed by atoms with van der Waals surface area (Å²) in [6.45, 7) is 17.9. The van der Waals surface area contributed by atoms with E-state index in [4.69, 9.17) is 9.57 Å². The summed E-state index contributed by atoms with van der Waals surface area (Å²) in [5, 5.41) is 24.4. The molecule has 7 nitrogen and oxygen atoms in total. The van der Waals surface area contributed by atoms with Gasteiger partial charge in [-0.3, -0.25) is 9.63 Å². The maximum atomic E-state index is 12.8. The Morgan fingerprint density at radius 1 is 1.03 bits per heavy atom. The van der Waals surface area contributed by atoms with Crippen LogP contribution in [0.25, 0.3) is 0 Å². The number of nitrogens with zero attached hydrogens (tertiary/aromatic N) is 2. The number of esters is 1. The highest BCUT2D eigenvalue weighted by Crippen LogP contribution is 2.42. The third kappa shape index (κ3) is 4.96. The van der Waals surface area contributed by atoms with Crippen LogP contribution in [0.1, 0.15) is 88.0 Å². The van der Waals surface area contributed by atoms with E-state index in [0.717, 1.165) is 19.3 Å². The SMILES string of the molecule is CC(COC(=O)C1C(O)CC(C)(C)N(O)C1(C)C)ON1C(C)(C)CCCC1(C)C. The number of hydrogen-bond acceptors (Lipinski definition) is 7. The van der Waals surface area contributed by atoms with Crippen molar-refractivity contribution in [3.63, 3.8) is 0 Å². The Labute approximate surface area is 176 Å². The first-order chi connectivity index (χ1) is 13.0. The molecule has 0 aliphatic carbocycles. The molecule has 7 heteroatoms. The highest BCUT2D eigenvalue weighted by Gasteiger charge is 2.55. The fourth-order valence-electron chi connectivity index (χ4n) is 5.31. The van der Waals surface area contributed by atoms with Crippen molar-refractivity contribution < 1.29 is 24.7 Å². The Kier molecular flexibility index (Phi) is 6.83. The molecule has 0 aromatic heterocycles. The van der Waals surface area contributed by atoms with Crippen molar-refractivity contribution in [2.24, 2.45) is 5.92 Å². The summed E-state index contributed by atoms with van der Waals surface area (Å²) in [5.74, 6) is -1.35. The summed E-state index contributed by atoms with van der Waals surface area (Å²) >= 11 is 0. The fourth-order valence-corrected chi connectivity index (χ4v) is 5.31. The number of rotatable bonds is 5. The van der Waals surface area contributed by atoms with E-state index < -0.39 is 29.1 Å². The van der Waals surface area contributed by atoms with Crippen LogP contribution in [0.2, 0.25) is 0 Å². The van der Waals surface area contributed by atoms with Crippen molar-refractivity contribution >= 4 is 5.97 Å². The molecule has 2 aliphatic heterocycles. The molecule has 0 aromatic rings. The summed E-state index contributed by atoms with van der Waals surface area (Å²) in [7, 11) is 0. The molecule has 3 unspecified atom stereocenters. The quantitative estimate of drug-likeness (QED) is 0.666. The number of aliphatic hydroxyl groups is 1. The van der Waals surface area contributed by atoms with E-state index in [2.05, 4.69) is 32.8 Å². The summed E-state index contributed by atoms with van der Waals surface area (Å²) in [5.41, 5.74) is -1.75. The van der Waals surface area contributed by atoms with Crippen LogP contribution in [0.3, 0.4) is 0 Å². The standard InChI is InChI=1S/C22H42N2O5/c1-15(29-24-19(2,3)11-10-12-20(24,4)5)14-28-18(26)17-16(25)13-21(6,7)23(27)22(17,8)9/h15-17,25,27H,10-14H2,1-9H3. The second kappa shape index (κ2) is 8.08. The van der Waals surface area contributed by atoms with Gasteiger partial charge in [-0.05, 0) is 88.0 Å². The monoisotopic (exact) mass is 414 g/mol. The summed E-state index contributed by atoms with van der Waals surface area (Å²) in [4.78, 5) is 19.1. The second-order valence-corrected chi connectivity index (χ2v) is 11.3. The zero-order valence-electron chi connectivity index (χ0n) is 19.8. The Morgan fingerprint density at radius 3 is 2.07 bits per heavy atom. The summed E-state index contributed by atoms with van der Waals surface area (Å²) in [6, 6.07) is 0. The van der Waals surface area contributed by atoms with E-state index in [-0.39, 0.29) is 30.2 Å². The molecule has 2 N–H and O–H groups in total. The van der Waals surface area contributed by atoms with Crippen LogP contribution in [0, 0.1) is 5.92 Å². The first-order valence-electron chi connectivity index (χ1n) is 10.8. The van der Waals surface area contributed by atoms with Gasteiger partial charge in [-0.15, -0.1) is 0 Å². The molecule has 2 heterocycles. The van der Waals surface area contributed by atoms with Crippen molar-refractivity contribution in [2.75, 3.05) is 6.61 Å². The van der Waals surface area contributed by atoms with Crippen LogP contribution in [0.15, 0.2) is 0 Å². The largest absolute Gasteiger partial charge is 0.463 e. The molecule has 0 aromatic carbocycles.